The average molecular weight is 239 g/mol. The number of ether oxygens (including phenoxy) is 1. The van der Waals surface area contributed by atoms with Crippen LogP contribution in [0.1, 0.15) is 6.92 Å². The third kappa shape index (κ3) is 3.91. The summed E-state index contributed by atoms with van der Waals surface area (Å²) in [6.45, 7) is 8.67. The summed E-state index contributed by atoms with van der Waals surface area (Å²) >= 11 is 3.35. The minimum Gasteiger partial charge on any atom is -0.465 e. The molecule has 0 aliphatic heterocycles. The largest absolute Gasteiger partial charge is 0.465 e. The summed E-state index contributed by atoms with van der Waals surface area (Å²) in [6.07, 6.45) is 0. The van der Waals surface area contributed by atoms with Crippen LogP contribution < -0.4 is 0 Å². The van der Waals surface area contributed by atoms with Gasteiger partial charge < -0.3 is 4.74 Å². The highest BCUT2D eigenvalue weighted by Crippen LogP contribution is 2.17. The van der Waals surface area contributed by atoms with E-state index >= 15 is 0 Å². The molecule has 0 radical (unpaired) electrons. The molecule has 0 heterocycles. The summed E-state index contributed by atoms with van der Waals surface area (Å²) < 4.78 is 4.80. The molecule has 1 unspecified atom stereocenters. The van der Waals surface area contributed by atoms with Crippen LogP contribution in [-0.4, -0.2) is 25.1 Å². The van der Waals surface area contributed by atoms with E-state index in [1.807, 2.05) is 6.92 Å². The monoisotopic (exact) mass is 238 g/mol. The van der Waals surface area contributed by atoms with Crippen LogP contribution in [0.25, 0.3) is 0 Å². The van der Waals surface area contributed by atoms with Crippen LogP contribution in [0.2, 0.25) is 19.6 Å². The maximum atomic E-state index is 11.2. The molecule has 1 atom stereocenters. The molecule has 0 bridgehead atoms. The van der Waals surface area contributed by atoms with Crippen LogP contribution in [-0.2, 0) is 9.53 Å². The van der Waals surface area contributed by atoms with E-state index < -0.39 is 8.07 Å². The van der Waals surface area contributed by atoms with Crippen LogP contribution in [0.5, 0.6) is 0 Å². The molecule has 0 fully saturated rings. The fraction of sp³-hybridized carbons (Fsp3) is 0.857. The summed E-state index contributed by atoms with van der Waals surface area (Å²) in [5.41, 5.74) is 0. The van der Waals surface area contributed by atoms with E-state index in [1.54, 1.807) is 0 Å². The number of esters is 1. The Bertz CT molecular complexity index is 142. The van der Waals surface area contributed by atoms with Crippen molar-refractivity contribution in [2.24, 2.45) is 0 Å². The molecule has 0 aliphatic carbocycles. The maximum Gasteiger partial charge on any atom is 0.316 e. The first-order valence-corrected chi connectivity index (χ1v) is 8.19. The molecule has 0 aliphatic rings. The van der Waals surface area contributed by atoms with Crippen LogP contribution in [0.15, 0.2) is 0 Å². The molecule has 0 saturated heterocycles. The number of rotatable bonds is 3. The van der Waals surface area contributed by atoms with Gasteiger partial charge in [-0.25, -0.2) is 0 Å². The van der Waals surface area contributed by atoms with E-state index in [0.29, 0.717) is 6.61 Å². The number of carbonyl (C=O) groups excluding carboxylic acids is 1. The lowest BCUT2D eigenvalue weighted by Crippen LogP contribution is -2.40. The molecule has 66 valence electrons. The molecular weight excluding hydrogens is 224 g/mol. The van der Waals surface area contributed by atoms with Crippen molar-refractivity contribution in [1.29, 1.82) is 0 Å². The van der Waals surface area contributed by atoms with E-state index in [9.17, 15) is 4.79 Å². The first-order chi connectivity index (χ1) is 4.89. The number of carbonyl (C=O) groups is 1. The molecule has 0 N–H and O–H groups in total. The Morgan fingerprint density at radius 3 is 2.27 bits per heavy atom. The van der Waals surface area contributed by atoms with Gasteiger partial charge in [-0.1, -0.05) is 35.6 Å². The van der Waals surface area contributed by atoms with E-state index in [4.69, 9.17) is 4.74 Å². The van der Waals surface area contributed by atoms with E-state index in [0.717, 1.165) is 0 Å². The molecule has 0 aromatic carbocycles. The predicted molar refractivity (Wildman–Crippen MR) is 52.7 cm³/mol. The van der Waals surface area contributed by atoms with Crippen molar-refractivity contribution >= 4 is 30.0 Å². The van der Waals surface area contributed by atoms with Crippen molar-refractivity contribution < 1.29 is 9.53 Å². The molecule has 4 heteroatoms. The van der Waals surface area contributed by atoms with E-state index in [-0.39, 0.29) is 10.4 Å². The van der Waals surface area contributed by atoms with Gasteiger partial charge in [0.05, 0.1) is 14.7 Å². The highest BCUT2D eigenvalue weighted by molar-refractivity contribution is 9.10. The van der Waals surface area contributed by atoms with Gasteiger partial charge in [-0.3, -0.25) is 4.79 Å². The van der Waals surface area contributed by atoms with Gasteiger partial charge in [0.25, 0.3) is 0 Å². The number of halogens is 1. The second-order valence-corrected chi connectivity index (χ2v) is 10.6. The Kier molecular flexibility index (Phi) is 4.32. The van der Waals surface area contributed by atoms with Gasteiger partial charge in [-0.15, -0.1) is 0 Å². The fourth-order valence-electron chi connectivity index (χ4n) is 0.569. The predicted octanol–water partition coefficient (Wildman–Crippen LogP) is 2.19. The summed E-state index contributed by atoms with van der Waals surface area (Å²) in [5, 5.41) is 0. The molecule has 2 nitrogen and oxygen atoms in total. The smallest absolute Gasteiger partial charge is 0.316 e. The van der Waals surface area contributed by atoms with Crippen LogP contribution >= 0.6 is 15.9 Å². The molecule has 11 heavy (non-hydrogen) atoms. The minimum atomic E-state index is -1.42. The lowest BCUT2D eigenvalue weighted by atomic mass is 10.7. The van der Waals surface area contributed by atoms with Crippen molar-refractivity contribution in [3.8, 4) is 0 Å². The normalized spacial score (nSPS) is 14.3. The maximum absolute atomic E-state index is 11.2. The summed E-state index contributed by atoms with van der Waals surface area (Å²) in [4.78, 5) is 11.2. The highest BCUT2D eigenvalue weighted by atomic mass is 79.9. The number of hydrogen-bond acceptors (Lipinski definition) is 2. The van der Waals surface area contributed by atoms with Crippen LogP contribution in [0.3, 0.4) is 0 Å². The molecule has 0 aromatic heterocycles. The molecule has 0 spiro atoms. The minimum absolute atomic E-state index is 0.0741. The second kappa shape index (κ2) is 4.26. The lowest BCUT2D eigenvalue weighted by molar-refractivity contribution is -0.140. The third-order valence-corrected chi connectivity index (χ3v) is 7.50. The Hall–Kier alpha value is 0.167. The molecule has 0 aromatic rings. The zero-order chi connectivity index (χ0) is 9.07. The van der Waals surface area contributed by atoms with Crippen molar-refractivity contribution in [1.82, 2.24) is 0 Å². The highest BCUT2D eigenvalue weighted by Gasteiger charge is 2.31. The Morgan fingerprint density at radius 2 is 2.00 bits per heavy atom. The Balaban J connectivity index is 4.03. The van der Waals surface area contributed by atoms with E-state index in [2.05, 4.69) is 35.6 Å². The number of hydrogen-bond donors (Lipinski definition) is 0. The summed E-state index contributed by atoms with van der Waals surface area (Å²) in [7, 11) is -1.42. The summed E-state index contributed by atoms with van der Waals surface area (Å²) in [5.74, 6) is -0.119. The zero-order valence-corrected chi connectivity index (χ0v) is 10.1. The van der Waals surface area contributed by atoms with Gasteiger partial charge in [0.2, 0.25) is 0 Å². The average Bonchev–Trinajstić information content (AvgIpc) is 1.85. The number of alkyl halides is 1. The first-order valence-electron chi connectivity index (χ1n) is 3.70. The SMILES string of the molecule is CCOC(=O)C(Br)[Si](C)(C)C. The van der Waals surface area contributed by atoms with Gasteiger partial charge in [0, 0.05) is 0 Å². The van der Waals surface area contributed by atoms with Gasteiger partial charge in [-0.2, -0.15) is 0 Å². The third-order valence-electron chi connectivity index (χ3n) is 1.25. The van der Waals surface area contributed by atoms with Crippen molar-refractivity contribution in [2.75, 3.05) is 6.61 Å². The molecule has 0 rings (SSSR count). The second-order valence-electron chi connectivity index (χ2n) is 3.48. The molecular formula is C7H15BrO2Si. The summed E-state index contributed by atoms with van der Waals surface area (Å²) in [6, 6.07) is 0. The van der Waals surface area contributed by atoms with Crippen molar-refractivity contribution in [2.45, 2.75) is 31.0 Å². The zero-order valence-electron chi connectivity index (χ0n) is 7.48. The van der Waals surface area contributed by atoms with Gasteiger partial charge in [0.15, 0.2) is 0 Å². The van der Waals surface area contributed by atoms with E-state index in [1.165, 1.54) is 0 Å². The standard InChI is InChI=1S/C7H15BrO2Si/c1-5-10-7(9)6(8)11(2,3)4/h6H,5H2,1-4H3. The van der Waals surface area contributed by atoms with Crippen molar-refractivity contribution in [3.05, 3.63) is 0 Å². The Morgan fingerprint density at radius 1 is 1.55 bits per heavy atom. The van der Waals surface area contributed by atoms with Gasteiger partial charge in [0.1, 0.15) is 4.45 Å². The molecule has 0 amide bonds. The van der Waals surface area contributed by atoms with Gasteiger partial charge in [-0.05, 0) is 6.92 Å². The van der Waals surface area contributed by atoms with Crippen molar-refractivity contribution in [3.63, 3.8) is 0 Å². The lowest BCUT2D eigenvalue weighted by Gasteiger charge is -2.20. The fourth-order valence-corrected chi connectivity index (χ4v) is 1.49. The van der Waals surface area contributed by atoms with Gasteiger partial charge >= 0.3 is 5.97 Å². The Labute approximate surface area is 77.5 Å². The quantitative estimate of drug-likeness (QED) is 0.428. The molecule has 0 saturated carbocycles. The topological polar surface area (TPSA) is 26.3 Å². The van der Waals surface area contributed by atoms with Crippen LogP contribution in [0, 0.1) is 0 Å². The first kappa shape index (κ1) is 11.2. The van der Waals surface area contributed by atoms with Crippen LogP contribution in [0.4, 0.5) is 0 Å².